The zero-order valence-electron chi connectivity index (χ0n) is 78.8. The topological polar surface area (TPSA) is 645 Å². The molecule has 0 aliphatic heterocycles. The third kappa shape index (κ3) is 44.9. The molecule has 0 unspecified atom stereocenters. The molecule has 0 spiro atoms. The van der Waals surface area contributed by atoms with Crippen LogP contribution in [0.15, 0.2) is 0 Å². The summed E-state index contributed by atoms with van der Waals surface area (Å²) in [5.74, 6) is -18.8. The summed E-state index contributed by atoms with van der Waals surface area (Å²) in [5.41, 5.74) is 11.8. The first kappa shape index (κ1) is 118. The number of nitrogens with two attached hydrogens (primary N) is 2. The van der Waals surface area contributed by atoms with Crippen LogP contribution in [0.4, 0.5) is 0 Å². The summed E-state index contributed by atoms with van der Waals surface area (Å²) in [6, 6.07) is -20.4. The third-order valence-corrected chi connectivity index (χ3v) is 21.8. The molecular weight excluding hydrogens is 1670 g/mol. The van der Waals surface area contributed by atoms with E-state index in [-0.39, 0.29) is 81.1 Å². The highest BCUT2D eigenvalue weighted by atomic mass is 32.2. The van der Waals surface area contributed by atoms with Gasteiger partial charge in [-0.1, -0.05) is 144 Å². The Balaban J connectivity index is 6.53. The predicted octanol–water partition coefficient (Wildman–Crippen LogP) is -2.40. The van der Waals surface area contributed by atoms with Crippen molar-refractivity contribution in [1.82, 2.24) is 90.4 Å². The van der Waals surface area contributed by atoms with Crippen LogP contribution in [0.1, 0.15) is 229 Å². The minimum absolute atomic E-state index is 0.0118. The van der Waals surface area contributed by atoms with E-state index in [2.05, 4.69) is 90.4 Å². The van der Waals surface area contributed by atoms with E-state index in [4.69, 9.17) is 11.5 Å². The fourth-order valence-electron chi connectivity index (χ4n) is 13.0. The molecule has 0 saturated heterocycles. The van der Waals surface area contributed by atoms with E-state index in [1.807, 2.05) is 6.26 Å². The Bertz CT molecular complexity index is 3570. The number of unbranched alkanes of at least 4 members (excludes halogenated alkanes) is 1. The van der Waals surface area contributed by atoms with E-state index in [9.17, 15) is 107 Å². The van der Waals surface area contributed by atoms with Crippen molar-refractivity contribution in [3.8, 4) is 0 Å². The van der Waals surface area contributed by atoms with Crippen molar-refractivity contribution in [1.29, 1.82) is 0 Å². The molecule has 0 fully saturated rings. The van der Waals surface area contributed by atoms with E-state index in [1.165, 1.54) is 39.5 Å². The predicted molar refractivity (Wildman–Crippen MR) is 479 cm³/mol. The molecule has 42 heteroatoms. The number of carbonyl (C=O) groups is 18. The monoisotopic (exact) mass is 1830 g/mol. The maximum atomic E-state index is 14.5. The Labute approximate surface area is 753 Å². The fraction of sp³-hybridized carbons (Fsp3) is 0.788. The van der Waals surface area contributed by atoms with Crippen molar-refractivity contribution in [2.24, 2.45) is 64.7 Å². The van der Waals surface area contributed by atoms with Gasteiger partial charge in [0.05, 0.1) is 44.0 Å². The number of hydrogen-bond acceptors (Lipinski definition) is 24. The van der Waals surface area contributed by atoms with Crippen LogP contribution in [0.5, 0.6) is 0 Å². The van der Waals surface area contributed by atoms with Crippen molar-refractivity contribution in [3.63, 3.8) is 0 Å². The van der Waals surface area contributed by atoms with Gasteiger partial charge in [-0.15, -0.1) is 0 Å². The molecule has 17 amide bonds. The van der Waals surface area contributed by atoms with Crippen molar-refractivity contribution >= 4 is 118 Å². The van der Waals surface area contributed by atoms with E-state index in [0.29, 0.717) is 37.9 Å². The molecule has 0 heterocycles. The summed E-state index contributed by atoms with van der Waals surface area (Å²) >= 11 is 1.46. The van der Waals surface area contributed by atoms with Gasteiger partial charge in [0.1, 0.15) is 84.6 Å². The molecule has 0 radical (unpaired) electrons. The molecule has 0 aromatic carbocycles. The van der Waals surface area contributed by atoms with Gasteiger partial charge < -0.3 is 122 Å². The largest absolute Gasteiger partial charge is 0.480 e. The number of carboxylic acid groups (broad SMARTS) is 1. The number of aliphatic carboxylic acids is 1. The molecule has 0 saturated carbocycles. The standard InChI is InChI=1S/C85H155N19O22S/c1-24-47(16)65(79(119)101-67(49(18)26-3)81(121)104-70(53(22)107)84(124)97-60(37-45(12)13)78(118)99-64(46(14)15)85(125)126)98-63(110)40-90-73(113)55(29-27-28-31-86)93-76(116)58(35-43(8)9)95-77(117)59(36-44(10)11)94-75(115)57(34-42(6)7)92-62(109)39-88-61(108)38-89-74(114)56(33-41(4)5)96-83(123)69(52(21)106)103-80(120)66(48(17)25-2)100-71(111)50(19)91-82(122)68(51(20)105)102-72(112)54(87)30-32-127-23/h41-60,64-70,105-107H,24-40,86-87H2,1-23H3,(H,88,108)(H,89,114)(H,90,113)(H,91,122)(H,92,109)(H,93,116)(H,94,115)(H,95,117)(H,96,123)(H,97,124)(H,98,110)(H,99,118)(H,100,111)(H,101,119)(H,102,112)(H,103,120)(H,104,121)(H,125,126)/t47-,48-,49-,50-,51+,52+,53+,54-,55-,56-,57-,58-,59-,60-,64-,65-,66-,67-,68-,69-,70-/m0/s1. The van der Waals surface area contributed by atoms with Crippen LogP contribution < -0.4 is 102 Å². The van der Waals surface area contributed by atoms with Crippen LogP contribution in [0, 0.1) is 53.3 Å². The molecule has 21 atom stereocenters. The van der Waals surface area contributed by atoms with Gasteiger partial charge in [-0.05, 0) is 157 Å². The number of hydrogen-bond donors (Lipinski definition) is 23. The highest BCUT2D eigenvalue weighted by molar-refractivity contribution is 7.98. The summed E-state index contributed by atoms with van der Waals surface area (Å²) in [5, 5.41) is 85.1. The summed E-state index contributed by atoms with van der Waals surface area (Å²) in [6.07, 6.45) is -0.606. The Morgan fingerprint density at radius 2 is 0.583 bits per heavy atom. The van der Waals surface area contributed by atoms with Gasteiger partial charge in [0.25, 0.3) is 0 Å². The van der Waals surface area contributed by atoms with Gasteiger partial charge in [-0.25, -0.2) is 4.79 Å². The van der Waals surface area contributed by atoms with E-state index >= 15 is 0 Å². The summed E-state index contributed by atoms with van der Waals surface area (Å²) in [4.78, 5) is 247. The Morgan fingerprint density at radius 1 is 0.299 bits per heavy atom. The van der Waals surface area contributed by atoms with Crippen LogP contribution in [-0.4, -0.2) is 274 Å². The molecule has 728 valence electrons. The van der Waals surface area contributed by atoms with Gasteiger partial charge in [0.2, 0.25) is 100 Å². The van der Waals surface area contributed by atoms with Gasteiger partial charge in [0, 0.05) is 0 Å². The smallest absolute Gasteiger partial charge is 0.326 e. The number of carboxylic acids is 1. The molecule has 0 aromatic rings. The van der Waals surface area contributed by atoms with Crippen LogP contribution in [-0.2, 0) is 86.3 Å². The van der Waals surface area contributed by atoms with Crippen molar-refractivity contribution in [3.05, 3.63) is 0 Å². The second kappa shape index (κ2) is 60.4. The lowest BCUT2D eigenvalue weighted by atomic mass is 9.94. The first-order chi connectivity index (χ1) is 59.1. The molecule has 127 heavy (non-hydrogen) atoms. The van der Waals surface area contributed by atoms with Gasteiger partial charge in [-0.2, -0.15) is 11.8 Å². The maximum Gasteiger partial charge on any atom is 0.326 e. The number of nitrogens with one attached hydrogen (secondary N) is 17. The molecule has 0 rings (SSSR count). The van der Waals surface area contributed by atoms with Crippen LogP contribution in [0.25, 0.3) is 0 Å². The highest BCUT2D eigenvalue weighted by Gasteiger charge is 2.41. The lowest BCUT2D eigenvalue weighted by molar-refractivity contribution is -0.144. The SMILES string of the molecule is CC[C@H](C)[C@H](NC(=O)CNC(=O)[C@H](CCCCN)NC(=O)[C@H](CC(C)C)NC(=O)[C@H](CC(C)C)NC(=O)[C@H](CC(C)C)NC(=O)CNC(=O)CNC(=O)[C@H](CC(C)C)NC(=O)[C@@H](NC(=O)[C@@H](NC(=O)[C@H](C)NC(=O)[C@@H](NC(=O)[C@@H](N)CCSC)[C@@H](C)O)[C@@H](C)CC)[C@@H](C)O)C(=O)N[C@H](C(=O)N[C@H](C(=O)N[C@@H](CC(C)C)C(=O)N[C@H](C(=O)O)C(C)C)[C@@H](C)O)[C@@H](C)CC. The van der Waals surface area contributed by atoms with Crippen LogP contribution in [0.2, 0.25) is 0 Å². The number of thioether (sulfide) groups is 1. The fourth-order valence-corrected chi connectivity index (χ4v) is 13.5. The van der Waals surface area contributed by atoms with Gasteiger partial charge in [-0.3, -0.25) is 81.5 Å². The molecule has 41 nitrogen and oxygen atoms in total. The minimum atomic E-state index is -1.72. The molecule has 0 aliphatic carbocycles. The average molecular weight is 1830 g/mol. The number of carbonyl (C=O) groups excluding carboxylic acids is 17. The van der Waals surface area contributed by atoms with Crippen molar-refractivity contribution < 1.29 is 107 Å². The van der Waals surface area contributed by atoms with Crippen LogP contribution >= 0.6 is 11.8 Å². The second-order valence-electron chi connectivity index (χ2n) is 35.6. The normalized spacial score (nSPS) is 16.5. The lowest BCUT2D eigenvalue weighted by Crippen LogP contribution is -2.62. The molecule has 0 aromatic heterocycles. The number of rotatable bonds is 62. The van der Waals surface area contributed by atoms with E-state index in [0.717, 1.165) is 0 Å². The van der Waals surface area contributed by atoms with Gasteiger partial charge in [0.15, 0.2) is 0 Å². The Kier molecular flexibility index (Phi) is 56.0. The number of aliphatic hydroxyl groups excluding tert-OH is 3. The lowest BCUT2D eigenvalue weighted by Gasteiger charge is -2.31. The van der Waals surface area contributed by atoms with Gasteiger partial charge >= 0.3 is 5.97 Å². The molecule has 0 bridgehead atoms. The number of amides is 17. The van der Waals surface area contributed by atoms with E-state index in [1.54, 1.807) is 125 Å². The second-order valence-corrected chi connectivity index (χ2v) is 36.6. The molecule has 25 N–H and O–H groups in total. The molecular formula is C85H155N19O22S. The summed E-state index contributed by atoms with van der Waals surface area (Å²) in [6.45, 7) is 34.0. The summed E-state index contributed by atoms with van der Waals surface area (Å²) < 4.78 is 0. The summed E-state index contributed by atoms with van der Waals surface area (Å²) in [7, 11) is 0. The zero-order valence-corrected chi connectivity index (χ0v) is 79.6. The zero-order chi connectivity index (χ0) is 97.7. The third-order valence-electron chi connectivity index (χ3n) is 21.1. The van der Waals surface area contributed by atoms with Crippen LogP contribution in [0.3, 0.4) is 0 Å². The quantitative estimate of drug-likeness (QED) is 0.0282. The first-order valence-corrected chi connectivity index (χ1v) is 45.8. The molecule has 0 aliphatic rings. The average Bonchev–Trinajstić information content (AvgIpc) is 0.843. The Morgan fingerprint density at radius 3 is 0.937 bits per heavy atom. The highest BCUT2D eigenvalue weighted by Crippen LogP contribution is 2.19. The van der Waals surface area contributed by atoms with Crippen molar-refractivity contribution in [2.45, 2.75) is 338 Å². The Hall–Kier alpha value is -9.39. The van der Waals surface area contributed by atoms with Crippen molar-refractivity contribution in [2.75, 3.05) is 38.2 Å². The first-order valence-electron chi connectivity index (χ1n) is 44.4. The maximum absolute atomic E-state index is 14.5. The van der Waals surface area contributed by atoms with E-state index < -0.39 is 259 Å². The number of aliphatic hydroxyl groups is 3. The minimum Gasteiger partial charge on any atom is -0.480 e.